The minimum absolute atomic E-state index is 0.0451. The molecule has 0 aromatic rings. The minimum Gasteiger partial charge on any atom is -0.391 e. The monoisotopic (exact) mass is 118 g/mol. The van der Waals surface area contributed by atoms with Crippen molar-refractivity contribution in [2.45, 2.75) is 12.5 Å². The minimum atomic E-state index is -0.771. The van der Waals surface area contributed by atoms with Crippen molar-refractivity contribution in [3.63, 3.8) is 0 Å². The van der Waals surface area contributed by atoms with E-state index in [0.717, 1.165) is 0 Å². The van der Waals surface area contributed by atoms with Crippen LogP contribution in [0.2, 0.25) is 0 Å². The van der Waals surface area contributed by atoms with Crippen molar-refractivity contribution in [2.24, 2.45) is 11.5 Å². The zero-order valence-corrected chi connectivity index (χ0v) is 4.50. The number of carbonyl (C=O) groups is 1. The van der Waals surface area contributed by atoms with Gasteiger partial charge in [0.15, 0.2) is 0 Å². The quantitative estimate of drug-likeness (QED) is 0.407. The standard InChI is InChI=1S/C4H10N2O2/c5-2-3(7)1-4(6)8/h3,7H,1-2,5H2,(H2,6,8). The number of rotatable bonds is 3. The molecule has 0 radical (unpaired) electrons. The number of hydrogen-bond donors (Lipinski definition) is 3. The molecule has 0 spiro atoms. The molecule has 5 N–H and O–H groups in total. The van der Waals surface area contributed by atoms with Crippen molar-refractivity contribution < 1.29 is 9.90 Å². The summed E-state index contributed by atoms with van der Waals surface area (Å²) in [5.74, 6) is -0.525. The molecule has 0 aliphatic carbocycles. The van der Waals surface area contributed by atoms with E-state index in [1.165, 1.54) is 0 Å². The van der Waals surface area contributed by atoms with Crippen molar-refractivity contribution in [2.75, 3.05) is 6.54 Å². The number of nitrogens with two attached hydrogens (primary N) is 2. The van der Waals surface area contributed by atoms with E-state index in [-0.39, 0.29) is 13.0 Å². The Morgan fingerprint density at radius 2 is 2.25 bits per heavy atom. The molecule has 0 aliphatic rings. The van der Waals surface area contributed by atoms with E-state index in [1.807, 2.05) is 0 Å². The lowest BCUT2D eigenvalue weighted by Gasteiger charge is -2.01. The maximum absolute atomic E-state index is 9.98. The summed E-state index contributed by atoms with van der Waals surface area (Å²) < 4.78 is 0. The van der Waals surface area contributed by atoms with Crippen LogP contribution in [0.1, 0.15) is 6.42 Å². The van der Waals surface area contributed by atoms with Gasteiger partial charge in [0.25, 0.3) is 0 Å². The van der Waals surface area contributed by atoms with E-state index in [2.05, 4.69) is 0 Å². The smallest absolute Gasteiger partial charge is 0.220 e. The van der Waals surface area contributed by atoms with Crippen LogP contribution in [0, 0.1) is 0 Å². The molecule has 4 heteroatoms. The first kappa shape index (κ1) is 7.39. The Morgan fingerprint density at radius 1 is 1.75 bits per heavy atom. The Kier molecular flexibility index (Phi) is 3.14. The van der Waals surface area contributed by atoms with Gasteiger partial charge in [-0.05, 0) is 0 Å². The average Bonchev–Trinajstić information content (AvgIpc) is 1.65. The van der Waals surface area contributed by atoms with Gasteiger partial charge in [0, 0.05) is 6.54 Å². The molecule has 0 aliphatic heterocycles. The summed E-state index contributed by atoms with van der Waals surface area (Å²) >= 11 is 0. The average molecular weight is 118 g/mol. The second-order valence-corrected chi connectivity index (χ2v) is 1.56. The second-order valence-electron chi connectivity index (χ2n) is 1.56. The van der Waals surface area contributed by atoms with Gasteiger partial charge in [-0.2, -0.15) is 0 Å². The number of primary amides is 1. The highest BCUT2D eigenvalue weighted by Crippen LogP contribution is 1.84. The van der Waals surface area contributed by atoms with Gasteiger partial charge in [0.2, 0.25) is 5.91 Å². The van der Waals surface area contributed by atoms with Gasteiger partial charge in [0.05, 0.1) is 12.5 Å². The fourth-order valence-corrected chi connectivity index (χ4v) is 0.316. The first-order chi connectivity index (χ1) is 3.66. The lowest BCUT2D eigenvalue weighted by molar-refractivity contribution is -0.119. The molecule has 0 heterocycles. The Balaban J connectivity index is 3.24. The topological polar surface area (TPSA) is 89.3 Å². The van der Waals surface area contributed by atoms with E-state index < -0.39 is 12.0 Å². The molecule has 0 saturated heterocycles. The summed E-state index contributed by atoms with van der Waals surface area (Å²) in [4.78, 5) is 9.98. The number of carbonyl (C=O) groups excluding carboxylic acids is 1. The summed E-state index contributed by atoms with van der Waals surface area (Å²) in [5.41, 5.74) is 9.68. The zero-order valence-electron chi connectivity index (χ0n) is 4.50. The van der Waals surface area contributed by atoms with Crippen LogP contribution in [0.5, 0.6) is 0 Å². The van der Waals surface area contributed by atoms with Gasteiger partial charge in [-0.15, -0.1) is 0 Å². The van der Waals surface area contributed by atoms with Crippen molar-refractivity contribution >= 4 is 5.91 Å². The van der Waals surface area contributed by atoms with Gasteiger partial charge < -0.3 is 16.6 Å². The highest BCUT2D eigenvalue weighted by Gasteiger charge is 2.03. The largest absolute Gasteiger partial charge is 0.391 e. The third-order valence-corrected chi connectivity index (χ3v) is 0.709. The highest BCUT2D eigenvalue weighted by molar-refractivity contribution is 5.74. The van der Waals surface area contributed by atoms with Crippen LogP contribution < -0.4 is 11.5 Å². The zero-order chi connectivity index (χ0) is 6.57. The maximum atomic E-state index is 9.98. The molecule has 0 bridgehead atoms. The Morgan fingerprint density at radius 3 is 2.38 bits per heavy atom. The molecule has 0 aromatic heterocycles. The Hall–Kier alpha value is -0.610. The van der Waals surface area contributed by atoms with Crippen LogP contribution in [0.4, 0.5) is 0 Å². The first-order valence-corrected chi connectivity index (χ1v) is 2.33. The van der Waals surface area contributed by atoms with Crippen LogP contribution in [-0.2, 0) is 4.79 Å². The van der Waals surface area contributed by atoms with Crippen LogP contribution in [0.3, 0.4) is 0 Å². The normalized spacial score (nSPS) is 13.2. The van der Waals surface area contributed by atoms with Crippen LogP contribution in [0.25, 0.3) is 0 Å². The number of aliphatic hydroxyl groups excluding tert-OH is 1. The van der Waals surface area contributed by atoms with Gasteiger partial charge in [-0.25, -0.2) is 0 Å². The lowest BCUT2D eigenvalue weighted by atomic mass is 10.2. The van der Waals surface area contributed by atoms with Gasteiger partial charge in [-0.3, -0.25) is 4.79 Å². The first-order valence-electron chi connectivity index (χ1n) is 2.33. The molecular formula is C4H10N2O2. The SMILES string of the molecule is NCC(O)CC(N)=O. The summed E-state index contributed by atoms with van der Waals surface area (Å²) in [6, 6.07) is 0. The molecule has 4 nitrogen and oxygen atoms in total. The van der Waals surface area contributed by atoms with Crippen molar-refractivity contribution in [3.05, 3.63) is 0 Å². The number of aliphatic hydroxyl groups is 1. The predicted molar refractivity (Wildman–Crippen MR) is 28.9 cm³/mol. The van der Waals surface area contributed by atoms with Crippen molar-refractivity contribution in [1.29, 1.82) is 0 Å². The van der Waals surface area contributed by atoms with Crippen molar-refractivity contribution in [3.8, 4) is 0 Å². The van der Waals surface area contributed by atoms with E-state index >= 15 is 0 Å². The maximum Gasteiger partial charge on any atom is 0.220 e. The summed E-state index contributed by atoms with van der Waals surface area (Å²) in [7, 11) is 0. The Bertz CT molecular complexity index is 84.1. The van der Waals surface area contributed by atoms with Gasteiger partial charge >= 0.3 is 0 Å². The van der Waals surface area contributed by atoms with Gasteiger partial charge in [-0.1, -0.05) is 0 Å². The Labute approximate surface area is 47.5 Å². The molecule has 48 valence electrons. The summed E-state index contributed by atoms with van der Waals surface area (Å²) in [6.45, 7) is 0.0862. The highest BCUT2D eigenvalue weighted by atomic mass is 16.3. The van der Waals surface area contributed by atoms with E-state index in [9.17, 15) is 4.79 Å². The fourth-order valence-electron chi connectivity index (χ4n) is 0.316. The molecule has 1 unspecified atom stereocenters. The third-order valence-electron chi connectivity index (χ3n) is 0.709. The molecule has 0 aromatic carbocycles. The molecule has 0 saturated carbocycles. The molecule has 0 rings (SSSR count). The molecular weight excluding hydrogens is 108 g/mol. The second kappa shape index (κ2) is 3.40. The van der Waals surface area contributed by atoms with Crippen LogP contribution in [0.15, 0.2) is 0 Å². The lowest BCUT2D eigenvalue weighted by Crippen LogP contribution is -2.26. The van der Waals surface area contributed by atoms with Crippen LogP contribution >= 0.6 is 0 Å². The van der Waals surface area contributed by atoms with E-state index in [1.54, 1.807) is 0 Å². The summed E-state index contributed by atoms with van der Waals surface area (Å²) in [5, 5.41) is 8.60. The van der Waals surface area contributed by atoms with Gasteiger partial charge in [0.1, 0.15) is 0 Å². The molecule has 1 amide bonds. The molecule has 0 fully saturated rings. The molecule has 8 heavy (non-hydrogen) atoms. The number of amides is 1. The third kappa shape index (κ3) is 3.58. The molecule has 1 atom stereocenters. The van der Waals surface area contributed by atoms with Crippen LogP contribution in [-0.4, -0.2) is 23.7 Å². The summed E-state index contributed by atoms with van der Waals surface area (Å²) in [6.07, 6.45) is -0.816. The number of hydrogen-bond acceptors (Lipinski definition) is 3. The van der Waals surface area contributed by atoms with Crippen molar-refractivity contribution in [1.82, 2.24) is 0 Å². The predicted octanol–water partition coefficient (Wildman–Crippen LogP) is -1.82. The van der Waals surface area contributed by atoms with E-state index in [0.29, 0.717) is 0 Å². The van der Waals surface area contributed by atoms with E-state index in [4.69, 9.17) is 16.6 Å². The fraction of sp³-hybridized carbons (Fsp3) is 0.750.